The van der Waals surface area contributed by atoms with Gasteiger partial charge in [-0.05, 0) is 45.1 Å². The molecule has 0 spiro atoms. The number of hydrogen-bond acceptors (Lipinski definition) is 4. The zero-order valence-electron chi connectivity index (χ0n) is 14.1. The molecule has 0 aromatic rings. The minimum atomic E-state index is -0.498. The van der Waals surface area contributed by atoms with E-state index in [9.17, 15) is 4.79 Å². The van der Waals surface area contributed by atoms with Gasteiger partial charge in [0.05, 0.1) is 11.0 Å². The molecule has 0 fully saturated rings. The van der Waals surface area contributed by atoms with Gasteiger partial charge in [-0.2, -0.15) is 4.89 Å². The van der Waals surface area contributed by atoms with Gasteiger partial charge in [0, 0.05) is 0 Å². The van der Waals surface area contributed by atoms with E-state index in [4.69, 9.17) is 9.78 Å². The SMILES string of the molecule is CCCCC(CC)(CCCC)C(=O)OOOC(C)(C)C. The van der Waals surface area contributed by atoms with E-state index in [-0.39, 0.29) is 5.97 Å². The molecular formula is C16H32O4. The van der Waals surface area contributed by atoms with Crippen molar-refractivity contribution in [1.29, 1.82) is 0 Å². The lowest BCUT2D eigenvalue weighted by Gasteiger charge is -2.29. The van der Waals surface area contributed by atoms with Crippen LogP contribution in [-0.4, -0.2) is 11.6 Å². The molecule has 0 aliphatic heterocycles. The molecule has 0 bridgehead atoms. The molecule has 0 N–H and O–H groups in total. The van der Waals surface area contributed by atoms with Crippen LogP contribution in [-0.2, 0) is 19.6 Å². The van der Waals surface area contributed by atoms with Crippen LogP contribution in [0, 0.1) is 5.41 Å². The molecule has 0 heterocycles. The Balaban J connectivity index is 4.60. The summed E-state index contributed by atoms with van der Waals surface area (Å²) in [5.41, 5.74) is -0.935. The number of rotatable bonds is 10. The van der Waals surface area contributed by atoms with Crippen molar-refractivity contribution in [2.24, 2.45) is 5.41 Å². The second-order valence-corrected chi connectivity index (χ2v) is 6.48. The van der Waals surface area contributed by atoms with E-state index in [1.807, 2.05) is 27.7 Å². The number of hydrogen-bond donors (Lipinski definition) is 0. The third kappa shape index (κ3) is 7.25. The van der Waals surface area contributed by atoms with Crippen molar-refractivity contribution < 1.29 is 19.6 Å². The Morgan fingerprint density at radius 1 is 0.950 bits per heavy atom. The Morgan fingerprint density at radius 3 is 1.80 bits per heavy atom. The smallest absolute Gasteiger partial charge is 0.268 e. The molecule has 0 aliphatic carbocycles. The van der Waals surface area contributed by atoms with Gasteiger partial charge in [0.1, 0.15) is 0 Å². The second-order valence-electron chi connectivity index (χ2n) is 6.48. The summed E-state index contributed by atoms with van der Waals surface area (Å²) in [6, 6.07) is 0. The van der Waals surface area contributed by atoms with Gasteiger partial charge in [-0.25, -0.2) is 4.79 Å². The van der Waals surface area contributed by atoms with Crippen molar-refractivity contribution in [2.45, 2.75) is 92.1 Å². The summed E-state index contributed by atoms with van der Waals surface area (Å²) in [4.78, 5) is 22.3. The molecule has 0 radical (unpaired) electrons. The lowest BCUT2D eigenvalue weighted by atomic mass is 9.76. The zero-order chi connectivity index (χ0) is 15.6. The highest BCUT2D eigenvalue weighted by Gasteiger charge is 2.38. The predicted molar refractivity (Wildman–Crippen MR) is 79.8 cm³/mol. The molecule has 0 amide bonds. The second kappa shape index (κ2) is 9.35. The van der Waals surface area contributed by atoms with Gasteiger partial charge >= 0.3 is 5.97 Å². The maximum atomic E-state index is 12.4. The monoisotopic (exact) mass is 288 g/mol. The Kier molecular flexibility index (Phi) is 9.06. The van der Waals surface area contributed by atoms with Gasteiger partial charge < -0.3 is 0 Å². The van der Waals surface area contributed by atoms with Crippen LogP contribution in [0.4, 0.5) is 0 Å². The van der Waals surface area contributed by atoms with Crippen molar-refractivity contribution in [1.82, 2.24) is 0 Å². The molecule has 4 heteroatoms. The minimum Gasteiger partial charge on any atom is -0.268 e. The van der Waals surface area contributed by atoms with Gasteiger partial charge in [-0.1, -0.05) is 46.5 Å². The third-order valence-electron chi connectivity index (χ3n) is 3.52. The molecule has 0 saturated carbocycles. The van der Waals surface area contributed by atoms with E-state index in [1.165, 1.54) is 0 Å². The Bertz CT molecular complexity index is 260. The highest BCUT2D eigenvalue weighted by molar-refractivity contribution is 5.76. The highest BCUT2D eigenvalue weighted by Crippen LogP contribution is 2.36. The van der Waals surface area contributed by atoms with Gasteiger partial charge in [-0.15, -0.1) is 0 Å². The van der Waals surface area contributed by atoms with Crippen LogP contribution < -0.4 is 0 Å². The van der Waals surface area contributed by atoms with Crippen LogP contribution in [0.3, 0.4) is 0 Å². The van der Waals surface area contributed by atoms with Crippen molar-refractivity contribution in [3.8, 4) is 0 Å². The predicted octanol–water partition coefficient (Wildman–Crippen LogP) is 4.97. The van der Waals surface area contributed by atoms with Crippen molar-refractivity contribution in [2.75, 3.05) is 0 Å². The van der Waals surface area contributed by atoms with Crippen LogP contribution in [0.2, 0.25) is 0 Å². The van der Waals surface area contributed by atoms with Gasteiger partial charge in [0.2, 0.25) is 0 Å². The summed E-state index contributed by atoms with van der Waals surface area (Å²) >= 11 is 0. The first-order valence-corrected chi connectivity index (χ1v) is 7.88. The lowest BCUT2D eigenvalue weighted by molar-refractivity contribution is -0.516. The molecule has 0 aromatic heterocycles. The number of carbonyl (C=O) groups excluding carboxylic acids is 1. The zero-order valence-corrected chi connectivity index (χ0v) is 14.1. The maximum absolute atomic E-state index is 12.4. The van der Waals surface area contributed by atoms with Crippen LogP contribution in [0.15, 0.2) is 0 Å². The summed E-state index contributed by atoms with van der Waals surface area (Å²) in [5, 5.41) is 4.68. The largest absolute Gasteiger partial charge is 0.351 e. The quantitative estimate of drug-likeness (QED) is 0.420. The molecule has 120 valence electrons. The summed E-state index contributed by atoms with van der Waals surface area (Å²) in [6.45, 7) is 11.8. The van der Waals surface area contributed by atoms with Gasteiger partial charge in [0.25, 0.3) is 0 Å². The fraction of sp³-hybridized carbons (Fsp3) is 0.938. The average molecular weight is 288 g/mol. The summed E-state index contributed by atoms with van der Waals surface area (Å²) in [7, 11) is 0. The maximum Gasteiger partial charge on any atom is 0.351 e. The Hall–Kier alpha value is -0.610. The molecule has 0 rings (SSSR count). The van der Waals surface area contributed by atoms with Crippen LogP contribution in [0.1, 0.15) is 86.5 Å². The van der Waals surface area contributed by atoms with Crippen LogP contribution in [0.5, 0.6) is 0 Å². The van der Waals surface area contributed by atoms with Gasteiger partial charge in [-0.3, -0.25) is 4.89 Å². The molecule has 0 saturated heterocycles. The Morgan fingerprint density at radius 2 is 1.45 bits per heavy atom. The first-order valence-electron chi connectivity index (χ1n) is 7.88. The average Bonchev–Trinajstić information content (AvgIpc) is 2.38. The fourth-order valence-corrected chi connectivity index (χ4v) is 2.10. The standard InChI is InChI=1S/C16H32O4/c1-7-10-12-16(9-3,13-11-8-2)14(17)18-20-19-15(4,5)6/h7-13H2,1-6H3. The molecule has 0 unspecified atom stereocenters. The number of carbonyl (C=O) groups is 1. The summed E-state index contributed by atoms with van der Waals surface area (Å²) < 4.78 is 0. The normalized spacial score (nSPS) is 12.5. The first kappa shape index (κ1) is 19.4. The molecule has 20 heavy (non-hydrogen) atoms. The van der Waals surface area contributed by atoms with Gasteiger partial charge in [0.15, 0.2) is 0 Å². The fourth-order valence-electron chi connectivity index (χ4n) is 2.10. The topological polar surface area (TPSA) is 44.8 Å². The first-order chi connectivity index (χ1) is 9.31. The third-order valence-corrected chi connectivity index (χ3v) is 3.52. The number of unbranched alkanes of at least 4 members (excludes halogenated alkanes) is 2. The summed E-state index contributed by atoms with van der Waals surface area (Å²) in [6.07, 6.45) is 6.64. The molecule has 0 aliphatic rings. The van der Waals surface area contributed by atoms with Crippen LogP contribution >= 0.6 is 0 Å². The van der Waals surface area contributed by atoms with E-state index >= 15 is 0 Å². The minimum absolute atomic E-state index is 0.300. The molecule has 0 atom stereocenters. The molecular weight excluding hydrogens is 256 g/mol. The van der Waals surface area contributed by atoms with E-state index in [0.717, 1.165) is 44.9 Å². The molecule has 0 aromatic carbocycles. The van der Waals surface area contributed by atoms with Crippen molar-refractivity contribution in [3.63, 3.8) is 0 Å². The highest BCUT2D eigenvalue weighted by atomic mass is 17.5. The lowest BCUT2D eigenvalue weighted by Crippen LogP contribution is -2.33. The van der Waals surface area contributed by atoms with E-state index in [2.05, 4.69) is 18.9 Å². The molecule has 4 nitrogen and oxygen atoms in total. The van der Waals surface area contributed by atoms with Crippen molar-refractivity contribution in [3.05, 3.63) is 0 Å². The Labute approximate surface area is 124 Å². The van der Waals surface area contributed by atoms with Crippen molar-refractivity contribution >= 4 is 5.97 Å². The van der Waals surface area contributed by atoms with Crippen LogP contribution in [0.25, 0.3) is 0 Å². The van der Waals surface area contributed by atoms with E-state index in [0.29, 0.717) is 0 Å². The summed E-state index contributed by atoms with van der Waals surface area (Å²) in [5.74, 6) is -0.300. The van der Waals surface area contributed by atoms with E-state index in [1.54, 1.807) is 0 Å². The van der Waals surface area contributed by atoms with E-state index < -0.39 is 11.0 Å².